The molecule has 0 radical (unpaired) electrons. The second-order valence-corrected chi connectivity index (χ2v) is 6.49. The fraction of sp³-hybridized carbons (Fsp3) is 0.444. The summed E-state index contributed by atoms with van der Waals surface area (Å²) in [7, 11) is 1.68. The Balaban J connectivity index is 2.00. The molecule has 1 saturated heterocycles. The molecule has 1 aromatic heterocycles. The fourth-order valence-corrected chi connectivity index (χ4v) is 3.16. The summed E-state index contributed by atoms with van der Waals surface area (Å²) in [5, 5.41) is 10.3. The van der Waals surface area contributed by atoms with Crippen LogP contribution in [-0.2, 0) is 9.47 Å². The molecule has 0 bridgehead atoms. The van der Waals surface area contributed by atoms with Gasteiger partial charge in [-0.2, -0.15) is 5.26 Å². The minimum Gasteiger partial charge on any atom is -0.382 e. The largest absolute Gasteiger partial charge is 0.382 e. The summed E-state index contributed by atoms with van der Waals surface area (Å²) >= 11 is 0. The van der Waals surface area contributed by atoms with Gasteiger partial charge in [-0.1, -0.05) is 18.2 Å². The first-order chi connectivity index (χ1) is 11.0. The summed E-state index contributed by atoms with van der Waals surface area (Å²) < 4.78 is 11.3. The Morgan fingerprint density at radius 1 is 1.43 bits per heavy atom. The molecule has 0 N–H and O–H groups in total. The Kier molecular flexibility index (Phi) is 4.20. The van der Waals surface area contributed by atoms with Gasteiger partial charge in [-0.3, -0.25) is 0 Å². The topological polar surface area (TPSA) is 58.4 Å². The highest BCUT2D eigenvalue weighted by Crippen LogP contribution is 2.28. The number of rotatable bonds is 3. The first-order valence-electron chi connectivity index (χ1n) is 7.74. The fourth-order valence-electron chi connectivity index (χ4n) is 3.16. The van der Waals surface area contributed by atoms with Crippen molar-refractivity contribution in [2.75, 3.05) is 31.7 Å². The number of fused-ring (bicyclic) bond motifs is 1. The number of anilines is 1. The highest BCUT2D eigenvalue weighted by Gasteiger charge is 2.34. The van der Waals surface area contributed by atoms with Crippen LogP contribution in [-0.4, -0.2) is 43.5 Å². The number of ether oxygens (including phenoxy) is 2. The minimum absolute atomic E-state index is 0.0115. The number of hydrogen-bond donors (Lipinski definition) is 0. The Morgan fingerprint density at radius 2 is 2.22 bits per heavy atom. The first-order valence-corrected chi connectivity index (χ1v) is 7.74. The molecule has 0 amide bonds. The average Bonchev–Trinajstić information content (AvgIpc) is 2.52. The molecule has 1 aliphatic rings. The van der Waals surface area contributed by atoms with Gasteiger partial charge in [-0.25, -0.2) is 4.98 Å². The van der Waals surface area contributed by atoms with Gasteiger partial charge in [-0.15, -0.1) is 0 Å². The highest BCUT2D eigenvalue weighted by atomic mass is 16.5. The molecule has 0 aliphatic carbocycles. The number of pyridine rings is 1. The van der Waals surface area contributed by atoms with Crippen molar-refractivity contribution in [2.24, 2.45) is 0 Å². The molecule has 1 atom stereocenters. The second-order valence-electron chi connectivity index (χ2n) is 6.49. The molecule has 5 heteroatoms. The average molecular weight is 311 g/mol. The number of para-hydroxylation sites is 1. The quantitative estimate of drug-likeness (QED) is 0.872. The molecule has 0 unspecified atom stereocenters. The maximum absolute atomic E-state index is 9.46. The third-order valence-corrected chi connectivity index (χ3v) is 3.98. The predicted molar refractivity (Wildman–Crippen MR) is 89.5 cm³/mol. The molecule has 1 aromatic carbocycles. The number of morpholine rings is 1. The van der Waals surface area contributed by atoms with Crippen molar-refractivity contribution >= 4 is 16.7 Å². The van der Waals surface area contributed by atoms with E-state index in [2.05, 4.69) is 24.8 Å². The molecule has 2 heterocycles. The van der Waals surface area contributed by atoms with Crippen LogP contribution in [0, 0.1) is 11.3 Å². The van der Waals surface area contributed by atoms with Crippen molar-refractivity contribution in [3.63, 3.8) is 0 Å². The second kappa shape index (κ2) is 6.15. The summed E-state index contributed by atoms with van der Waals surface area (Å²) in [6, 6.07) is 11.9. The zero-order valence-corrected chi connectivity index (χ0v) is 13.7. The van der Waals surface area contributed by atoms with Gasteiger partial charge in [0.15, 0.2) is 0 Å². The van der Waals surface area contributed by atoms with Gasteiger partial charge in [0.1, 0.15) is 5.82 Å². The van der Waals surface area contributed by atoms with Crippen LogP contribution in [0.4, 0.5) is 5.82 Å². The van der Waals surface area contributed by atoms with Crippen LogP contribution < -0.4 is 4.90 Å². The van der Waals surface area contributed by atoms with Gasteiger partial charge in [-0.05, 0) is 26.0 Å². The van der Waals surface area contributed by atoms with Crippen molar-refractivity contribution < 1.29 is 9.47 Å². The lowest BCUT2D eigenvalue weighted by Crippen LogP contribution is -2.54. The summed E-state index contributed by atoms with van der Waals surface area (Å²) in [5.41, 5.74) is 1.20. The summed E-state index contributed by atoms with van der Waals surface area (Å²) in [4.78, 5) is 6.93. The van der Waals surface area contributed by atoms with E-state index in [1.807, 2.05) is 30.3 Å². The van der Waals surface area contributed by atoms with Crippen LogP contribution in [0.1, 0.15) is 19.4 Å². The van der Waals surface area contributed by atoms with E-state index in [-0.39, 0.29) is 11.7 Å². The summed E-state index contributed by atoms with van der Waals surface area (Å²) in [6.07, 6.45) is -0.0115. The van der Waals surface area contributed by atoms with E-state index in [1.165, 1.54) is 0 Å². The van der Waals surface area contributed by atoms with Crippen molar-refractivity contribution in [3.05, 3.63) is 35.9 Å². The Labute approximate surface area is 136 Å². The van der Waals surface area contributed by atoms with Crippen LogP contribution in [0.3, 0.4) is 0 Å². The molecule has 2 aromatic rings. The molecular weight excluding hydrogens is 290 g/mol. The van der Waals surface area contributed by atoms with E-state index in [0.29, 0.717) is 18.7 Å². The lowest BCUT2D eigenvalue weighted by Gasteiger charge is -2.43. The van der Waals surface area contributed by atoms with Gasteiger partial charge in [0.25, 0.3) is 0 Å². The van der Waals surface area contributed by atoms with Crippen molar-refractivity contribution in [1.29, 1.82) is 5.26 Å². The highest BCUT2D eigenvalue weighted by molar-refractivity contribution is 5.86. The number of methoxy groups -OCH3 is 1. The monoisotopic (exact) mass is 311 g/mol. The van der Waals surface area contributed by atoms with Crippen LogP contribution in [0.2, 0.25) is 0 Å². The van der Waals surface area contributed by atoms with Crippen LogP contribution >= 0.6 is 0 Å². The third kappa shape index (κ3) is 3.29. The van der Waals surface area contributed by atoms with Gasteiger partial charge >= 0.3 is 0 Å². The molecule has 1 fully saturated rings. The normalized spacial score (nSPS) is 20.4. The number of nitriles is 1. The number of hydrogen-bond acceptors (Lipinski definition) is 5. The lowest BCUT2D eigenvalue weighted by atomic mass is 10.0. The number of benzene rings is 1. The van der Waals surface area contributed by atoms with Crippen LogP contribution in [0.15, 0.2) is 30.3 Å². The first kappa shape index (κ1) is 15.7. The smallest absolute Gasteiger partial charge is 0.130 e. The Hall–Kier alpha value is -2.16. The van der Waals surface area contributed by atoms with Gasteiger partial charge in [0, 0.05) is 25.6 Å². The van der Waals surface area contributed by atoms with Gasteiger partial charge in [0.2, 0.25) is 0 Å². The molecule has 0 saturated carbocycles. The third-order valence-electron chi connectivity index (χ3n) is 3.98. The van der Waals surface area contributed by atoms with Crippen molar-refractivity contribution in [1.82, 2.24) is 4.98 Å². The van der Waals surface area contributed by atoms with E-state index in [0.717, 1.165) is 23.3 Å². The molecule has 5 nitrogen and oxygen atoms in total. The molecule has 23 heavy (non-hydrogen) atoms. The maximum atomic E-state index is 9.46. The Bertz CT molecular complexity index is 752. The standard InChI is InChI=1S/C18H21N3O2/c1-18(2)12-21(10-14(23-18)11-22-3)17-8-13(9-19)15-6-4-5-7-16(15)20-17/h4-8,14H,10-12H2,1-3H3/t14-/m1/s1. The predicted octanol–water partition coefficient (Wildman–Crippen LogP) is 2.74. The summed E-state index contributed by atoms with van der Waals surface area (Å²) in [6.45, 7) is 6.09. The van der Waals surface area contributed by atoms with Crippen LogP contribution in [0.25, 0.3) is 10.9 Å². The van der Waals surface area contributed by atoms with E-state index in [1.54, 1.807) is 7.11 Å². The van der Waals surface area contributed by atoms with E-state index in [9.17, 15) is 5.26 Å². The zero-order chi connectivity index (χ0) is 16.4. The molecular formula is C18H21N3O2. The molecule has 0 spiro atoms. The SMILES string of the molecule is COC[C@H]1CN(c2cc(C#N)c3ccccc3n2)CC(C)(C)O1. The van der Waals surface area contributed by atoms with E-state index in [4.69, 9.17) is 14.5 Å². The zero-order valence-electron chi connectivity index (χ0n) is 13.7. The Morgan fingerprint density at radius 3 is 2.96 bits per heavy atom. The van der Waals surface area contributed by atoms with Crippen molar-refractivity contribution in [2.45, 2.75) is 25.6 Å². The molecule has 120 valence electrons. The maximum Gasteiger partial charge on any atom is 0.130 e. The minimum atomic E-state index is -0.290. The van der Waals surface area contributed by atoms with Gasteiger partial charge in [0.05, 0.1) is 35.5 Å². The number of aromatic nitrogens is 1. The van der Waals surface area contributed by atoms with E-state index >= 15 is 0 Å². The molecule has 1 aliphatic heterocycles. The lowest BCUT2D eigenvalue weighted by molar-refractivity contribution is -0.106. The van der Waals surface area contributed by atoms with Gasteiger partial charge < -0.3 is 14.4 Å². The summed E-state index contributed by atoms with van der Waals surface area (Å²) in [5.74, 6) is 0.817. The number of nitrogens with zero attached hydrogens (tertiary/aromatic N) is 3. The van der Waals surface area contributed by atoms with Crippen molar-refractivity contribution in [3.8, 4) is 6.07 Å². The van der Waals surface area contributed by atoms with Crippen LogP contribution in [0.5, 0.6) is 0 Å². The van der Waals surface area contributed by atoms with E-state index < -0.39 is 0 Å². The molecule has 3 rings (SSSR count).